The minimum Gasteiger partial charge on any atom is -0.481 e. The molecule has 5 heteroatoms. The fraction of sp³-hybridized carbons (Fsp3) is 0.667. The highest BCUT2D eigenvalue weighted by Crippen LogP contribution is 2.43. The Morgan fingerprint density at radius 3 is 2.64 bits per heavy atom. The van der Waals surface area contributed by atoms with Crippen LogP contribution in [0.15, 0.2) is 4.63 Å². The number of hydrogen-bond donors (Lipinski definition) is 1. The number of carboxylic acids is 1. The first kappa shape index (κ1) is 9.18. The highest BCUT2D eigenvalue weighted by molar-refractivity contribution is 5.76. The van der Waals surface area contributed by atoms with Gasteiger partial charge in [-0.15, -0.1) is 0 Å². The predicted molar refractivity (Wildman–Crippen MR) is 46.7 cm³/mol. The maximum atomic E-state index is 11.1. The van der Waals surface area contributed by atoms with Crippen molar-refractivity contribution in [2.45, 2.75) is 32.6 Å². The van der Waals surface area contributed by atoms with E-state index in [4.69, 9.17) is 5.11 Å². The van der Waals surface area contributed by atoms with Gasteiger partial charge in [0, 0.05) is 6.42 Å². The van der Waals surface area contributed by atoms with Crippen LogP contribution in [0.5, 0.6) is 0 Å². The molecule has 1 aromatic heterocycles. The summed E-state index contributed by atoms with van der Waals surface area (Å²) in [5.74, 6) is -0.730. The molecule has 76 valence electrons. The van der Waals surface area contributed by atoms with Gasteiger partial charge in [0.05, 0.1) is 5.41 Å². The Morgan fingerprint density at radius 2 is 2.29 bits per heavy atom. The van der Waals surface area contributed by atoms with Gasteiger partial charge in [-0.1, -0.05) is 16.7 Å². The van der Waals surface area contributed by atoms with Crippen LogP contribution < -0.4 is 0 Å². The molecule has 2 rings (SSSR count). The Kier molecular flexibility index (Phi) is 2.02. The van der Waals surface area contributed by atoms with E-state index in [1.54, 1.807) is 6.92 Å². The van der Waals surface area contributed by atoms with Crippen LogP contribution in [0.1, 0.15) is 30.7 Å². The number of carbonyl (C=O) groups is 1. The van der Waals surface area contributed by atoms with Crippen LogP contribution >= 0.6 is 0 Å². The Morgan fingerprint density at radius 1 is 1.57 bits per heavy atom. The van der Waals surface area contributed by atoms with Gasteiger partial charge in [-0.2, -0.15) is 0 Å². The van der Waals surface area contributed by atoms with Crippen molar-refractivity contribution in [3.05, 3.63) is 11.4 Å². The van der Waals surface area contributed by atoms with E-state index in [9.17, 15) is 4.79 Å². The molecule has 14 heavy (non-hydrogen) atoms. The van der Waals surface area contributed by atoms with E-state index in [2.05, 4.69) is 14.9 Å². The molecule has 1 saturated carbocycles. The second kappa shape index (κ2) is 3.08. The quantitative estimate of drug-likeness (QED) is 0.785. The first-order valence-corrected chi connectivity index (χ1v) is 4.65. The van der Waals surface area contributed by atoms with E-state index in [1.165, 1.54) is 0 Å². The SMILES string of the molecule is Cc1nonc1CC1(C(=O)O)CCC1. The van der Waals surface area contributed by atoms with Gasteiger partial charge in [0.25, 0.3) is 0 Å². The molecule has 0 saturated heterocycles. The van der Waals surface area contributed by atoms with E-state index < -0.39 is 11.4 Å². The zero-order chi connectivity index (χ0) is 10.2. The number of aromatic nitrogens is 2. The van der Waals surface area contributed by atoms with Crippen molar-refractivity contribution in [3.63, 3.8) is 0 Å². The van der Waals surface area contributed by atoms with Gasteiger partial charge in [-0.05, 0) is 19.8 Å². The summed E-state index contributed by atoms with van der Waals surface area (Å²) in [6.45, 7) is 1.78. The first-order valence-electron chi connectivity index (χ1n) is 4.65. The third-order valence-electron chi connectivity index (χ3n) is 3.02. The van der Waals surface area contributed by atoms with Gasteiger partial charge in [0.15, 0.2) is 0 Å². The normalized spacial score (nSPS) is 18.9. The molecule has 0 radical (unpaired) electrons. The van der Waals surface area contributed by atoms with Crippen LogP contribution in [-0.2, 0) is 11.2 Å². The Labute approximate surface area is 81.1 Å². The van der Waals surface area contributed by atoms with Crippen molar-refractivity contribution in [2.75, 3.05) is 0 Å². The van der Waals surface area contributed by atoms with E-state index >= 15 is 0 Å². The summed E-state index contributed by atoms with van der Waals surface area (Å²) in [7, 11) is 0. The number of carboxylic acid groups (broad SMARTS) is 1. The standard InChI is InChI=1S/C9H12N2O3/c1-6-7(11-14-10-6)5-9(8(12)13)3-2-4-9/h2-5H2,1H3,(H,12,13). The van der Waals surface area contributed by atoms with Gasteiger partial charge in [-0.25, -0.2) is 4.63 Å². The molecule has 0 aliphatic heterocycles. The number of hydrogen-bond acceptors (Lipinski definition) is 4. The molecule has 1 fully saturated rings. The van der Waals surface area contributed by atoms with E-state index in [1.807, 2.05) is 0 Å². The number of aryl methyl sites for hydroxylation is 1. The predicted octanol–water partition coefficient (Wildman–Crippen LogP) is 1.18. The molecule has 5 nitrogen and oxygen atoms in total. The number of rotatable bonds is 3. The molecule has 0 spiro atoms. The summed E-state index contributed by atoms with van der Waals surface area (Å²) in [5.41, 5.74) is 0.758. The molecular weight excluding hydrogens is 184 g/mol. The van der Waals surface area contributed by atoms with Gasteiger partial charge in [0.1, 0.15) is 11.4 Å². The minimum absolute atomic E-state index is 0.442. The zero-order valence-corrected chi connectivity index (χ0v) is 7.99. The average molecular weight is 196 g/mol. The second-order valence-electron chi connectivity index (χ2n) is 3.91. The lowest BCUT2D eigenvalue weighted by atomic mass is 9.66. The Hall–Kier alpha value is -1.39. The number of aliphatic carboxylic acids is 1. The molecule has 1 heterocycles. The summed E-state index contributed by atoms with van der Waals surface area (Å²) in [6.07, 6.45) is 2.89. The summed E-state index contributed by atoms with van der Waals surface area (Å²) >= 11 is 0. The summed E-state index contributed by atoms with van der Waals surface area (Å²) in [4.78, 5) is 11.1. The fourth-order valence-electron chi connectivity index (χ4n) is 1.80. The largest absolute Gasteiger partial charge is 0.481 e. The molecule has 0 unspecified atom stereocenters. The Bertz CT molecular complexity index is 355. The molecule has 0 atom stereocenters. The maximum absolute atomic E-state index is 11.1. The molecule has 0 bridgehead atoms. The summed E-state index contributed by atoms with van der Waals surface area (Å²) in [5, 5.41) is 16.4. The molecule has 1 N–H and O–H groups in total. The fourth-order valence-corrected chi connectivity index (χ4v) is 1.80. The lowest BCUT2D eigenvalue weighted by molar-refractivity contribution is -0.154. The highest BCUT2D eigenvalue weighted by atomic mass is 16.6. The zero-order valence-electron chi connectivity index (χ0n) is 7.99. The van der Waals surface area contributed by atoms with Crippen molar-refractivity contribution in [2.24, 2.45) is 5.41 Å². The Balaban J connectivity index is 2.17. The van der Waals surface area contributed by atoms with Crippen molar-refractivity contribution < 1.29 is 14.5 Å². The van der Waals surface area contributed by atoms with Crippen molar-refractivity contribution in [1.29, 1.82) is 0 Å². The summed E-state index contributed by atoms with van der Waals surface area (Å²) in [6, 6.07) is 0. The van der Waals surface area contributed by atoms with Crippen LogP contribution in [-0.4, -0.2) is 21.4 Å². The van der Waals surface area contributed by atoms with Crippen molar-refractivity contribution >= 4 is 5.97 Å². The van der Waals surface area contributed by atoms with Gasteiger partial charge in [0.2, 0.25) is 0 Å². The topological polar surface area (TPSA) is 76.2 Å². The van der Waals surface area contributed by atoms with Crippen LogP contribution in [0.3, 0.4) is 0 Å². The van der Waals surface area contributed by atoms with Crippen LogP contribution in [0.25, 0.3) is 0 Å². The van der Waals surface area contributed by atoms with Gasteiger partial charge in [-0.3, -0.25) is 4.79 Å². The molecule has 0 aromatic carbocycles. The van der Waals surface area contributed by atoms with Crippen LogP contribution in [0.2, 0.25) is 0 Å². The molecular formula is C9H12N2O3. The van der Waals surface area contributed by atoms with Crippen LogP contribution in [0, 0.1) is 12.3 Å². The first-order chi connectivity index (χ1) is 6.64. The van der Waals surface area contributed by atoms with Crippen molar-refractivity contribution in [3.8, 4) is 0 Å². The maximum Gasteiger partial charge on any atom is 0.310 e. The average Bonchev–Trinajstić information content (AvgIpc) is 2.43. The van der Waals surface area contributed by atoms with E-state index in [0.29, 0.717) is 17.8 Å². The lowest BCUT2D eigenvalue weighted by Gasteiger charge is -2.36. The number of nitrogens with zero attached hydrogens (tertiary/aromatic N) is 2. The molecule has 1 aliphatic carbocycles. The van der Waals surface area contributed by atoms with E-state index in [-0.39, 0.29) is 0 Å². The molecule has 1 aromatic rings. The van der Waals surface area contributed by atoms with Crippen LogP contribution in [0.4, 0.5) is 0 Å². The molecule has 0 amide bonds. The van der Waals surface area contributed by atoms with Gasteiger partial charge < -0.3 is 5.11 Å². The van der Waals surface area contributed by atoms with Crippen molar-refractivity contribution in [1.82, 2.24) is 10.3 Å². The second-order valence-corrected chi connectivity index (χ2v) is 3.91. The van der Waals surface area contributed by atoms with Gasteiger partial charge >= 0.3 is 5.97 Å². The van der Waals surface area contributed by atoms with E-state index in [0.717, 1.165) is 19.3 Å². The lowest BCUT2D eigenvalue weighted by Crippen LogP contribution is -2.40. The summed E-state index contributed by atoms with van der Waals surface area (Å²) < 4.78 is 4.55. The highest BCUT2D eigenvalue weighted by Gasteiger charge is 2.45. The minimum atomic E-state index is -0.730. The third kappa shape index (κ3) is 1.29. The molecule has 1 aliphatic rings. The third-order valence-corrected chi connectivity index (χ3v) is 3.02. The monoisotopic (exact) mass is 196 g/mol. The smallest absolute Gasteiger partial charge is 0.310 e.